The minimum absolute atomic E-state index is 0.593. The van der Waals surface area contributed by atoms with Gasteiger partial charge in [0.1, 0.15) is 0 Å². The Labute approximate surface area is 155 Å². The van der Waals surface area contributed by atoms with Gasteiger partial charge in [-0.2, -0.15) is 0 Å². The Morgan fingerprint density at radius 1 is 1.00 bits per heavy atom. The van der Waals surface area contributed by atoms with Crippen LogP contribution in [0.5, 0.6) is 11.5 Å². The fourth-order valence-corrected chi connectivity index (χ4v) is 2.44. The molecule has 0 radical (unpaired) electrons. The van der Waals surface area contributed by atoms with Crippen molar-refractivity contribution >= 4 is 11.6 Å². The van der Waals surface area contributed by atoms with Crippen molar-refractivity contribution in [3.63, 3.8) is 0 Å². The molecule has 0 aliphatic rings. The molecule has 0 atom stereocenters. The van der Waals surface area contributed by atoms with Crippen molar-refractivity contribution in [3.8, 4) is 11.5 Å². The number of hydrogen-bond acceptors (Lipinski definition) is 4. The monoisotopic (exact) mass is 357 g/mol. The number of guanidine groups is 1. The second-order valence-electron chi connectivity index (χ2n) is 5.60. The van der Waals surface area contributed by atoms with Crippen LogP contribution in [0.1, 0.15) is 18.1 Å². The minimum Gasteiger partial charge on any atom is -0.493 e. The zero-order chi connectivity index (χ0) is 18.8. The quantitative estimate of drug-likeness (QED) is 0.560. The molecule has 2 aromatic rings. The lowest BCUT2D eigenvalue weighted by atomic mass is 10.1. The molecule has 2 rings (SSSR count). The van der Waals surface area contributed by atoms with E-state index in [1.54, 1.807) is 21.3 Å². The van der Waals surface area contributed by atoms with Crippen molar-refractivity contribution < 1.29 is 14.2 Å². The van der Waals surface area contributed by atoms with Gasteiger partial charge < -0.3 is 24.8 Å². The minimum atomic E-state index is 0.593. The largest absolute Gasteiger partial charge is 0.493 e. The molecule has 0 aromatic heterocycles. The molecule has 0 aliphatic heterocycles. The van der Waals surface area contributed by atoms with Crippen LogP contribution in [0.4, 0.5) is 5.69 Å². The summed E-state index contributed by atoms with van der Waals surface area (Å²) in [6.07, 6.45) is 0. The zero-order valence-corrected chi connectivity index (χ0v) is 15.8. The van der Waals surface area contributed by atoms with Crippen LogP contribution in [-0.2, 0) is 17.9 Å². The van der Waals surface area contributed by atoms with Crippen molar-refractivity contribution in [1.82, 2.24) is 5.32 Å². The summed E-state index contributed by atoms with van der Waals surface area (Å²) >= 11 is 0. The number of methoxy groups -OCH3 is 2. The van der Waals surface area contributed by atoms with Crippen molar-refractivity contribution in [2.45, 2.75) is 20.1 Å². The van der Waals surface area contributed by atoms with Gasteiger partial charge in [0, 0.05) is 32.5 Å². The first-order valence-corrected chi connectivity index (χ1v) is 8.55. The van der Waals surface area contributed by atoms with E-state index in [-0.39, 0.29) is 0 Å². The van der Waals surface area contributed by atoms with E-state index in [2.05, 4.69) is 39.9 Å². The lowest BCUT2D eigenvalue weighted by Crippen LogP contribution is -2.30. The van der Waals surface area contributed by atoms with Crippen molar-refractivity contribution in [2.75, 3.05) is 33.2 Å². The molecule has 26 heavy (non-hydrogen) atoms. The SMILES string of the molecule is CCOc1ccc(NC(=NC)NCc2ccc(COC)cc2)cc1OC. The van der Waals surface area contributed by atoms with Crippen LogP contribution in [0.2, 0.25) is 0 Å². The summed E-state index contributed by atoms with van der Waals surface area (Å²) in [6.45, 7) is 3.83. The van der Waals surface area contributed by atoms with Gasteiger partial charge in [-0.05, 0) is 30.2 Å². The van der Waals surface area contributed by atoms with E-state index in [1.807, 2.05) is 25.1 Å². The first kappa shape index (κ1) is 19.6. The molecule has 0 aliphatic carbocycles. The topological polar surface area (TPSA) is 64.1 Å². The summed E-state index contributed by atoms with van der Waals surface area (Å²) in [5.41, 5.74) is 3.19. The summed E-state index contributed by atoms with van der Waals surface area (Å²) in [7, 11) is 5.06. The van der Waals surface area contributed by atoms with Crippen LogP contribution in [-0.4, -0.2) is 33.8 Å². The average molecular weight is 357 g/mol. The number of ether oxygens (including phenoxy) is 3. The third-order valence-corrected chi connectivity index (χ3v) is 3.74. The highest BCUT2D eigenvalue weighted by Crippen LogP contribution is 2.30. The summed E-state index contributed by atoms with van der Waals surface area (Å²) in [4.78, 5) is 4.26. The summed E-state index contributed by atoms with van der Waals surface area (Å²) in [5, 5.41) is 6.56. The Hall–Kier alpha value is -2.73. The van der Waals surface area contributed by atoms with Crippen LogP contribution < -0.4 is 20.1 Å². The van der Waals surface area contributed by atoms with Crippen LogP contribution in [0.15, 0.2) is 47.5 Å². The first-order valence-electron chi connectivity index (χ1n) is 8.55. The molecular weight excluding hydrogens is 330 g/mol. The first-order chi connectivity index (χ1) is 12.7. The Balaban J connectivity index is 1.96. The average Bonchev–Trinajstić information content (AvgIpc) is 2.67. The fourth-order valence-electron chi connectivity index (χ4n) is 2.44. The Kier molecular flexibility index (Phi) is 7.76. The number of benzene rings is 2. The van der Waals surface area contributed by atoms with Gasteiger partial charge in [-0.25, -0.2) is 0 Å². The molecule has 0 heterocycles. The Bertz CT molecular complexity index is 715. The molecule has 6 heteroatoms. The Morgan fingerprint density at radius 2 is 1.73 bits per heavy atom. The molecule has 6 nitrogen and oxygen atoms in total. The molecule has 0 unspecified atom stereocenters. The van der Waals surface area contributed by atoms with Crippen LogP contribution in [0, 0.1) is 0 Å². The molecule has 0 amide bonds. The maximum Gasteiger partial charge on any atom is 0.195 e. The number of hydrogen-bond donors (Lipinski definition) is 2. The normalized spacial score (nSPS) is 11.2. The van der Waals surface area contributed by atoms with E-state index in [0.29, 0.717) is 31.5 Å². The third kappa shape index (κ3) is 5.67. The zero-order valence-electron chi connectivity index (χ0n) is 15.8. The van der Waals surface area contributed by atoms with Crippen LogP contribution in [0.3, 0.4) is 0 Å². The lowest BCUT2D eigenvalue weighted by Gasteiger charge is -2.14. The highest BCUT2D eigenvalue weighted by Gasteiger charge is 2.07. The third-order valence-electron chi connectivity index (χ3n) is 3.74. The maximum absolute atomic E-state index is 5.54. The second kappa shape index (κ2) is 10.3. The maximum atomic E-state index is 5.54. The number of anilines is 1. The summed E-state index contributed by atoms with van der Waals surface area (Å²) in [6, 6.07) is 14.0. The van der Waals surface area contributed by atoms with E-state index in [1.165, 1.54) is 0 Å². The number of nitrogens with zero attached hydrogens (tertiary/aromatic N) is 1. The van der Waals surface area contributed by atoms with Gasteiger partial charge in [-0.3, -0.25) is 4.99 Å². The molecule has 2 aromatic carbocycles. The highest BCUT2D eigenvalue weighted by atomic mass is 16.5. The van der Waals surface area contributed by atoms with Gasteiger partial charge in [0.05, 0.1) is 20.3 Å². The van der Waals surface area contributed by atoms with E-state index >= 15 is 0 Å². The van der Waals surface area contributed by atoms with Crippen molar-refractivity contribution in [2.24, 2.45) is 4.99 Å². The van der Waals surface area contributed by atoms with Gasteiger partial charge in [0.15, 0.2) is 17.5 Å². The smallest absolute Gasteiger partial charge is 0.195 e. The van der Waals surface area contributed by atoms with Gasteiger partial charge in [-0.15, -0.1) is 0 Å². The number of rotatable bonds is 8. The van der Waals surface area contributed by atoms with Gasteiger partial charge in [0.25, 0.3) is 0 Å². The standard InChI is InChI=1S/C20H27N3O3/c1-5-26-18-11-10-17(12-19(18)25-4)23-20(21-2)22-13-15-6-8-16(9-7-15)14-24-3/h6-12H,5,13-14H2,1-4H3,(H2,21,22,23). The molecule has 0 bridgehead atoms. The summed E-state index contributed by atoms with van der Waals surface area (Å²) < 4.78 is 16.0. The van der Waals surface area contributed by atoms with Gasteiger partial charge in [0.2, 0.25) is 0 Å². The highest BCUT2D eigenvalue weighted by molar-refractivity contribution is 5.93. The van der Waals surface area contributed by atoms with Crippen molar-refractivity contribution in [1.29, 1.82) is 0 Å². The summed E-state index contributed by atoms with van der Waals surface area (Å²) in [5.74, 6) is 2.08. The second-order valence-corrected chi connectivity index (χ2v) is 5.60. The van der Waals surface area contributed by atoms with Crippen LogP contribution in [0.25, 0.3) is 0 Å². The predicted molar refractivity (Wildman–Crippen MR) is 105 cm³/mol. The van der Waals surface area contributed by atoms with Gasteiger partial charge >= 0.3 is 0 Å². The molecule has 0 saturated carbocycles. The van der Waals surface area contributed by atoms with E-state index in [4.69, 9.17) is 14.2 Å². The van der Waals surface area contributed by atoms with E-state index < -0.39 is 0 Å². The van der Waals surface area contributed by atoms with Crippen molar-refractivity contribution in [3.05, 3.63) is 53.6 Å². The molecule has 0 saturated heterocycles. The molecule has 0 spiro atoms. The van der Waals surface area contributed by atoms with E-state index in [0.717, 1.165) is 22.6 Å². The fraction of sp³-hybridized carbons (Fsp3) is 0.350. The molecular formula is C20H27N3O3. The number of aliphatic imine (C=N–C) groups is 1. The van der Waals surface area contributed by atoms with Crippen LogP contribution >= 0.6 is 0 Å². The lowest BCUT2D eigenvalue weighted by molar-refractivity contribution is 0.185. The molecule has 0 fully saturated rings. The van der Waals surface area contributed by atoms with E-state index in [9.17, 15) is 0 Å². The van der Waals surface area contributed by atoms with Gasteiger partial charge in [-0.1, -0.05) is 24.3 Å². The number of nitrogens with one attached hydrogen (secondary N) is 2. The predicted octanol–water partition coefficient (Wildman–Crippen LogP) is 3.43. The Morgan fingerprint density at radius 3 is 2.35 bits per heavy atom. The molecule has 140 valence electrons. The molecule has 2 N–H and O–H groups in total.